The lowest BCUT2D eigenvalue weighted by Crippen LogP contribution is -1.88. The van der Waals surface area contributed by atoms with Crippen molar-refractivity contribution in [2.45, 2.75) is 19.8 Å². The second kappa shape index (κ2) is 4.30. The Morgan fingerprint density at radius 1 is 1.88 bits per heavy atom. The minimum atomic E-state index is 0.116. The first-order valence-electron chi connectivity index (χ1n) is 2.42. The van der Waals surface area contributed by atoms with Gasteiger partial charge in [0, 0.05) is 12.6 Å². The monoisotopic (exact) mass is 115 g/mol. The summed E-state index contributed by atoms with van der Waals surface area (Å²) in [5, 5.41) is 10.6. The van der Waals surface area contributed by atoms with Gasteiger partial charge in [0.15, 0.2) is 0 Å². The Balaban J connectivity index is 3.05. The normalized spacial score (nSPS) is 10.1. The summed E-state index contributed by atoms with van der Waals surface area (Å²) < 4.78 is 0. The highest BCUT2D eigenvalue weighted by molar-refractivity contribution is 5.78. The van der Waals surface area contributed by atoms with Gasteiger partial charge in [0.25, 0.3) is 0 Å². The second-order valence-corrected chi connectivity index (χ2v) is 1.54. The molecule has 0 aliphatic heterocycles. The molecule has 46 valence electrons. The quantitative estimate of drug-likeness (QED) is 0.336. The molecule has 0 rings (SSSR count). The molecule has 0 saturated heterocycles. The molecule has 0 atom stereocenters. The van der Waals surface area contributed by atoms with E-state index in [0.717, 1.165) is 0 Å². The third-order valence-corrected chi connectivity index (χ3v) is 0.707. The first-order chi connectivity index (χ1) is 3.77. The van der Waals surface area contributed by atoms with E-state index in [0.29, 0.717) is 12.8 Å². The van der Waals surface area contributed by atoms with Gasteiger partial charge in [-0.05, 0) is 13.3 Å². The Morgan fingerprint density at radius 2 is 2.50 bits per heavy atom. The molecular weight excluding hydrogens is 106 g/mol. The number of nitrogens with zero attached hydrogens (tertiary/aromatic N) is 1. The fraction of sp³-hybridized carbons (Fsp3) is 0.600. The van der Waals surface area contributed by atoms with Crippen molar-refractivity contribution in [1.82, 2.24) is 0 Å². The zero-order valence-corrected chi connectivity index (χ0v) is 4.79. The fourth-order valence-electron chi connectivity index (χ4n) is 0.326. The molecule has 0 bridgehead atoms. The minimum absolute atomic E-state index is 0.116. The van der Waals surface area contributed by atoms with Crippen LogP contribution in [-0.2, 0) is 4.79 Å². The van der Waals surface area contributed by atoms with Crippen molar-refractivity contribution in [3.63, 3.8) is 0 Å². The maximum Gasteiger partial charge on any atom is 0.130 e. The van der Waals surface area contributed by atoms with Gasteiger partial charge >= 0.3 is 0 Å². The Kier molecular flexibility index (Phi) is 3.84. The molecule has 1 N–H and O–H groups in total. The summed E-state index contributed by atoms with van der Waals surface area (Å²) in [6, 6.07) is 0. The smallest absolute Gasteiger partial charge is 0.130 e. The number of carbonyl (C=O) groups is 1. The van der Waals surface area contributed by atoms with Crippen molar-refractivity contribution in [2.75, 3.05) is 0 Å². The zero-order valence-electron chi connectivity index (χ0n) is 4.79. The van der Waals surface area contributed by atoms with Crippen LogP contribution in [0.4, 0.5) is 0 Å². The highest BCUT2D eigenvalue weighted by Crippen LogP contribution is 1.84. The van der Waals surface area contributed by atoms with Crippen LogP contribution in [0.1, 0.15) is 19.8 Å². The van der Waals surface area contributed by atoms with Crippen LogP contribution in [0, 0.1) is 0 Å². The molecule has 0 unspecified atom stereocenters. The van der Waals surface area contributed by atoms with E-state index in [1.807, 2.05) is 0 Å². The van der Waals surface area contributed by atoms with E-state index >= 15 is 0 Å². The average Bonchev–Trinajstić information content (AvgIpc) is 1.66. The minimum Gasteiger partial charge on any atom is -0.411 e. The van der Waals surface area contributed by atoms with Gasteiger partial charge in [-0.3, -0.25) is 0 Å². The molecule has 0 aromatic carbocycles. The van der Waals surface area contributed by atoms with Crippen LogP contribution in [0.3, 0.4) is 0 Å². The van der Waals surface area contributed by atoms with Crippen LogP contribution in [0.25, 0.3) is 0 Å². The molecule has 0 spiro atoms. The van der Waals surface area contributed by atoms with Crippen molar-refractivity contribution in [3.8, 4) is 0 Å². The Morgan fingerprint density at radius 3 is 2.88 bits per heavy atom. The molecule has 0 heterocycles. The van der Waals surface area contributed by atoms with E-state index in [-0.39, 0.29) is 5.78 Å². The Hall–Kier alpha value is -0.860. The van der Waals surface area contributed by atoms with E-state index < -0.39 is 0 Å². The molecule has 0 saturated carbocycles. The zero-order chi connectivity index (χ0) is 6.41. The van der Waals surface area contributed by atoms with Crippen molar-refractivity contribution in [1.29, 1.82) is 0 Å². The lowest BCUT2D eigenvalue weighted by molar-refractivity contribution is -0.116. The van der Waals surface area contributed by atoms with Crippen molar-refractivity contribution in [3.05, 3.63) is 0 Å². The second-order valence-electron chi connectivity index (χ2n) is 1.54. The fourth-order valence-corrected chi connectivity index (χ4v) is 0.326. The lowest BCUT2D eigenvalue weighted by Gasteiger charge is -1.83. The van der Waals surface area contributed by atoms with E-state index in [9.17, 15) is 4.79 Å². The summed E-state index contributed by atoms with van der Waals surface area (Å²) in [6.45, 7) is 1.51. The molecule has 0 amide bonds. The molecule has 0 fully saturated rings. The number of hydrogen-bond acceptors (Lipinski definition) is 3. The third-order valence-electron chi connectivity index (χ3n) is 0.707. The summed E-state index contributed by atoms with van der Waals surface area (Å²) in [4.78, 5) is 10.2. The van der Waals surface area contributed by atoms with Gasteiger partial charge in [-0.1, -0.05) is 0 Å². The summed E-state index contributed by atoms with van der Waals surface area (Å²) in [5.74, 6) is 0.116. The predicted molar refractivity (Wildman–Crippen MR) is 30.2 cm³/mol. The van der Waals surface area contributed by atoms with Gasteiger partial charge in [0.05, 0.1) is 0 Å². The molecule has 3 nitrogen and oxygen atoms in total. The van der Waals surface area contributed by atoms with Gasteiger partial charge in [0.2, 0.25) is 0 Å². The molecule has 0 aliphatic carbocycles. The van der Waals surface area contributed by atoms with Crippen LogP contribution < -0.4 is 0 Å². The molecule has 3 heteroatoms. The number of carbonyl (C=O) groups excluding carboxylic acids is 1. The highest BCUT2D eigenvalue weighted by Gasteiger charge is 1.87. The third kappa shape index (κ3) is 5.14. The van der Waals surface area contributed by atoms with Crippen molar-refractivity contribution < 1.29 is 10.0 Å². The van der Waals surface area contributed by atoms with Gasteiger partial charge in [-0.2, -0.15) is 0 Å². The number of oxime groups is 1. The number of ketones is 1. The van der Waals surface area contributed by atoms with Crippen LogP contribution in [0.2, 0.25) is 0 Å². The molecule has 0 radical (unpaired) electrons. The maximum absolute atomic E-state index is 10.2. The molecule has 0 aromatic heterocycles. The van der Waals surface area contributed by atoms with Gasteiger partial charge in [-0.15, -0.1) is 5.16 Å². The molecule has 0 aromatic rings. The Bertz CT molecular complexity index is 98.6. The largest absolute Gasteiger partial charge is 0.411 e. The lowest BCUT2D eigenvalue weighted by atomic mass is 10.2. The van der Waals surface area contributed by atoms with E-state index in [1.165, 1.54) is 13.1 Å². The summed E-state index contributed by atoms with van der Waals surface area (Å²) in [6.07, 6.45) is 2.30. The number of Topliss-reactive ketones (excluding diaryl/α,β-unsaturated/α-hetero) is 1. The molecule has 8 heavy (non-hydrogen) atoms. The summed E-state index contributed by atoms with van der Waals surface area (Å²) >= 11 is 0. The SMILES string of the molecule is CC(=O)CC/C=N/O. The number of hydrogen-bond donors (Lipinski definition) is 1. The van der Waals surface area contributed by atoms with Gasteiger partial charge in [0.1, 0.15) is 5.78 Å². The standard InChI is InChI=1S/C5H9NO2/c1-5(7)3-2-4-6-8/h4,8H,2-3H2,1H3/b6-4+. The molecule has 0 aliphatic rings. The highest BCUT2D eigenvalue weighted by atomic mass is 16.4. The Labute approximate surface area is 48.0 Å². The van der Waals surface area contributed by atoms with E-state index in [1.54, 1.807) is 0 Å². The maximum atomic E-state index is 10.2. The van der Waals surface area contributed by atoms with Crippen molar-refractivity contribution in [2.24, 2.45) is 5.16 Å². The summed E-state index contributed by atoms with van der Waals surface area (Å²) in [7, 11) is 0. The van der Waals surface area contributed by atoms with Crippen LogP contribution in [0.15, 0.2) is 5.16 Å². The summed E-state index contributed by atoms with van der Waals surface area (Å²) in [5.41, 5.74) is 0. The first-order valence-corrected chi connectivity index (χ1v) is 2.42. The first kappa shape index (κ1) is 7.14. The van der Waals surface area contributed by atoms with Crippen molar-refractivity contribution >= 4 is 12.0 Å². The molecular formula is C5H9NO2. The van der Waals surface area contributed by atoms with E-state index in [2.05, 4.69) is 5.16 Å². The topological polar surface area (TPSA) is 49.7 Å². The van der Waals surface area contributed by atoms with E-state index in [4.69, 9.17) is 5.21 Å². The average molecular weight is 115 g/mol. The predicted octanol–water partition coefficient (Wildman–Crippen LogP) is 0.816. The van der Waals surface area contributed by atoms with Crippen LogP contribution in [-0.4, -0.2) is 17.2 Å². The van der Waals surface area contributed by atoms with Crippen LogP contribution in [0.5, 0.6) is 0 Å². The van der Waals surface area contributed by atoms with Crippen LogP contribution >= 0.6 is 0 Å². The number of rotatable bonds is 3. The van der Waals surface area contributed by atoms with Gasteiger partial charge in [-0.25, -0.2) is 0 Å². The van der Waals surface area contributed by atoms with Gasteiger partial charge < -0.3 is 10.0 Å².